The first kappa shape index (κ1) is 13.6. The maximum atomic E-state index is 12.4. The summed E-state index contributed by atoms with van der Waals surface area (Å²) in [5.74, 6) is -1.63. The summed E-state index contributed by atoms with van der Waals surface area (Å²) in [5.41, 5.74) is 2.34. The van der Waals surface area contributed by atoms with Crippen LogP contribution in [0.25, 0.3) is 0 Å². The number of carbonyl (C=O) groups excluding carboxylic acids is 1. The number of hydrogen-bond acceptors (Lipinski definition) is 5. The number of benzene rings is 1. The highest BCUT2D eigenvalue weighted by Gasteiger charge is 2.29. The van der Waals surface area contributed by atoms with Crippen molar-refractivity contribution in [1.29, 1.82) is 0 Å². The van der Waals surface area contributed by atoms with Crippen LogP contribution < -0.4 is 10.6 Å². The minimum Gasteiger partial charge on any atom is -0.478 e. The van der Waals surface area contributed by atoms with Gasteiger partial charge in [0.05, 0.1) is 11.6 Å². The van der Waals surface area contributed by atoms with Gasteiger partial charge in [-0.25, -0.2) is 4.79 Å². The average Bonchev–Trinajstić information content (AvgIpc) is 3.02. The van der Waals surface area contributed by atoms with E-state index in [1.807, 2.05) is 24.3 Å². The molecule has 2 aromatic rings. The lowest BCUT2D eigenvalue weighted by Gasteiger charge is -2.10. The predicted molar refractivity (Wildman–Crippen MR) is 80.1 cm³/mol. The molecule has 7 heteroatoms. The lowest BCUT2D eigenvalue weighted by molar-refractivity contribution is -0.117. The quantitative estimate of drug-likeness (QED) is 0.809. The second-order valence-corrected chi connectivity index (χ2v) is 5.56. The van der Waals surface area contributed by atoms with Crippen LogP contribution in [0, 0.1) is 6.92 Å². The molecule has 0 saturated carbocycles. The van der Waals surface area contributed by atoms with E-state index < -0.39 is 5.97 Å². The maximum absolute atomic E-state index is 12.4. The van der Waals surface area contributed by atoms with Crippen LogP contribution in [0.4, 0.5) is 10.7 Å². The number of nitrogens with zero attached hydrogens (tertiary/aromatic N) is 1. The highest BCUT2D eigenvalue weighted by molar-refractivity contribution is 7.11. The van der Waals surface area contributed by atoms with Gasteiger partial charge in [-0.15, -0.1) is 0 Å². The van der Waals surface area contributed by atoms with Crippen LogP contribution in [0.3, 0.4) is 0 Å². The lowest BCUT2D eigenvalue weighted by Crippen LogP contribution is -2.23. The number of carbonyl (C=O) groups is 2. The van der Waals surface area contributed by atoms with Crippen molar-refractivity contribution in [3.8, 4) is 0 Å². The molecule has 1 aromatic carbocycles. The molecule has 0 bridgehead atoms. The first-order valence-electron chi connectivity index (χ1n) is 6.41. The van der Waals surface area contributed by atoms with Gasteiger partial charge >= 0.3 is 5.97 Å². The number of aryl methyl sites for hydroxylation is 1. The molecule has 1 amide bonds. The van der Waals surface area contributed by atoms with Crippen LogP contribution in [0.1, 0.15) is 27.5 Å². The van der Waals surface area contributed by atoms with Crippen molar-refractivity contribution in [3.05, 3.63) is 41.1 Å². The molecule has 1 atom stereocenters. The molecule has 1 unspecified atom stereocenters. The minimum absolute atomic E-state index is 0.0626. The fourth-order valence-corrected chi connectivity index (χ4v) is 3.22. The fourth-order valence-electron chi connectivity index (χ4n) is 2.42. The third-order valence-electron chi connectivity index (χ3n) is 3.46. The summed E-state index contributed by atoms with van der Waals surface area (Å²) in [6.45, 7) is 2.12. The van der Waals surface area contributed by atoms with Crippen molar-refractivity contribution >= 4 is 34.1 Å². The number of carboxylic acids is 1. The van der Waals surface area contributed by atoms with Crippen LogP contribution in [0.15, 0.2) is 24.3 Å². The number of rotatable bonds is 3. The molecule has 0 fully saturated rings. The molecule has 0 saturated heterocycles. The summed E-state index contributed by atoms with van der Waals surface area (Å²) in [7, 11) is 0. The Kier molecular flexibility index (Phi) is 3.34. The first-order chi connectivity index (χ1) is 10.1. The van der Waals surface area contributed by atoms with Crippen molar-refractivity contribution in [1.82, 2.24) is 4.37 Å². The van der Waals surface area contributed by atoms with E-state index in [4.69, 9.17) is 0 Å². The zero-order valence-corrected chi connectivity index (χ0v) is 12.0. The Balaban J connectivity index is 1.84. The molecule has 2 heterocycles. The van der Waals surface area contributed by atoms with Crippen molar-refractivity contribution < 1.29 is 14.7 Å². The topological polar surface area (TPSA) is 91.3 Å². The Bertz CT molecular complexity index is 726. The molecule has 0 spiro atoms. The normalized spacial score (nSPS) is 16.1. The molecule has 1 aliphatic rings. The summed E-state index contributed by atoms with van der Waals surface area (Å²) in [5, 5.41) is 15.3. The molecule has 1 aromatic heterocycles. The van der Waals surface area contributed by atoms with Gasteiger partial charge in [-0.1, -0.05) is 18.2 Å². The SMILES string of the molecule is Cc1nsc(NC(=O)C2CNc3ccccc32)c1C(=O)O. The van der Waals surface area contributed by atoms with Gasteiger partial charge in [0.2, 0.25) is 5.91 Å². The van der Waals surface area contributed by atoms with Crippen molar-refractivity contribution in [2.24, 2.45) is 0 Å². The molecule has 0 aliphatic carbocycles. The van der Waals surface area contributed by atoms with E-state index in [1.165, 1.54) is 0 Å². The Morgan fingerprint density at radius 1 is 1.43 bits per heavy atom. The van der Waals surface area contributed by atoms with Gasteiger partial charge < -0.3 is 15.7 Å². The molecule has 6 nitrogen and oxygen atoms in total. The molecule has 3 N–H and O–H groups in total. The number of hydrogen-bond donors (Lipinski definition) is 3. The largest absolute Gasteiger partial charge is 0.478 e. The third-order valence-corrected chi connectivity index (χ3v) is 4.32. The molecular weight excluding hydrogens is 290 g/mol. The van der Waals surface area contributed by atoms with E-state index in [2.05, 4.69) is 15.0 Å². The summed E-state index contributed by atoms with van der Waals surface area (Å²) in [6.07, 6.45) is 0. The van der Waals surface area contributed by atoms with E-state index in [0.717, 1.165) is 22.8 Å². The Morgan fingerprint density at radius 2 is 2.19 bits per heavy atom. The summed E-state index contributed by atoms with van der Waals surface area (Å²) < 4.78 is 3.99. The van der Waals surface area contributed by atoms with Gasteiger partial charge in [0.15, 0.2) is 0 Å². The van der Waals surface area contributed by atoms with Gasteiger partial charge in [-0.3, -0.25) is 4.79 Å². The van der Waals surface area contributed by atoms with Crippen LogP contribution >= 0.6 is 11.5 Å². The number of aromatic carboxylic acids is 1. The van der Waals surface area contributed by atoms with Crippen molar-refractivity contribution in [2.75, 3.05) is 17.2 Å². The number of fused-ring (bicyclic) bond motifs is 1. The number of amides is 1. The number of carboxylic acid groups (broad SMARTS) is 1. The summed E-state index contributed by atoms with van der Waals surface area (Å²) in [6, 6.07) is 7.60. The van der Waals surface area contributed by atoms with Gasteiger partial charge in [-0.2, -0.15) is 4.37 Å². The van der Waals surface area contributed by atoms with Gasteiger partial charge in [0.25, 0.3) is 0 Å². The third kappa shape index (κ3) is 2.36. The van der Waals surface area contributed by atoms with E-state index >= 15 is 0 Å². The number of anilines is 2. The fraction of sp³-hybridized carbons (Fsp3) is 0.214. The Labute approximate surface area is 125 Å². The molecule has 1 aliphatic heterocycles. The number of para-hydroxylation sites is 1. The lowest BCUT2D eigenvalue weighted by atomic mass is 10.0. The molecule has 3 rings (SSSR count). The average molecular weight is 303 g/mol. The highest BCUT2D eigenvalue weighted by atomic mass is 32.1. The second kappa shape index (κ2) is 5.17. The number of nitrogens with one attached hydrogen (secondary N) is 2. The van der Waals surface area contributed by atoms with Crippen LogP contribution in [-0.2, 0) is 4.79 Å². The second-order valence-electron chi connectivity index (χ2n) is 4.79. The van der Waals surface area contributed by atoms with Crippen molar-refractivity contribution in [2.45, 2.75) is 12.8 Å². The van der Waals surface area contributed by atoms with Gasteiger partial charge in [0, 0.05) is 12.2 Å². The van der Waals surface area contributed by atoms with Gasteiger partial charge in [-0.05, 0) is 30.1 Å². The monoisotopic (exact) mass is 303 g/mol. The zero-order valence-electron chi connectivity index (χ0n) is 11.2. The maximum Gasteiger partial charge on any atom is 0.340 e. The van der Waals surface area contributed by atoms with Gasteiger partial charge in [0.1, 0.15) is 10.6 Å². The van der Waals surface area contributed by atoms with E-state index in [0.29, 0.717) is 12.2 Å². The molecule has 0 radical (unpaired) electrons. The zero-order chi connectivity index (χ0) is 15.0. The molecular formula is C14H13N3O3S. The smallest absolute Gasteiger partial charge is 0.340 e. The van der Waals surface area contributed by atoms with E-state index in [-0.39, 0.29) is 22.4 Å². The summed E-state index contributed by atoms with van der Waals surface area (Å²) in [4.78, 5) is 23.6. The Hall–Kier alpha value is -2.41. The van der Waals surface area contributed by atoms with Crippen LogP contribution in [0.5, 0.6) is 0 Å². The minimum atomic E-state index is -1.08. The number of aromatic nitrogens is 1. The predicted octanol–water partition coefficient (Wildman–Crippen LogP) is 2.30. The van der Waals surface area contributed by atoms with Crippen molar-refractivity contribution in [3.63, 3.8) is 0 Å². The molecule has 21 heavy (non-hydrogen) atoms. The molecule has 108 valence electrons. The van der Waals surface area contributed by atoms with Crippen LogP contribution in [-0.4, -0.2) is 27.9 Å². The van der Waals surface area contributed by atoms with E-state index in [1.54, 1.807) is 6.92 Å². The Morgan fingerprint density at radius 3 is 2.95 bits per heavy atom. The first-order valence-corrected chi connectivity index (χ1v) is 7.18. The van der Waals surface area contributed by atoms with Crippen LogP contribution in [0.2, 0.25) is 0 Å². The standard InChI is InChI=1S/C14H13N3O3S/c1-7-11(14(19)20)13(21-17-7)16-12(18)9-6-15-10-5-3-2-4-8(9)10/h2-5,9,15H,6H2,1H3,(H,16,18)(H,19,20). The van der Waals surface area contributed by atoms with E-state index in [9.17, 15) is 14.7 Å². The summed E-state index contributed by atoms with van der Waals surface area (Å²) >= 11 is 0.990. The highest BCUT2D eigenvalue weighted by Crippen LogP contribution is 2.33.